The van der Waals surface area contributed by atoms with Crippen LogP contribution in [0.4, 0.5) is 10.5 Å². The predicted molar refractivity (Wildman–Crippen MR) is 90.0 cm³/mol. The van der Waals surface area contributed by atoms with Crippen LogP contribution < -0.4 is 4.90 Å². The van der Waals surface area contributed by atoms with Crippen molar-refractivity contribution in [1.82, 2.24) is 0 Å². The van der Waals surface area contributed by atoms with Crippen LogP contribution in [0, 0.1) is 0 Å². The summed E-state index contributed by atoms with van der Waals surface area (Å²) in [6.45, 7) is 0.0701. The molecule has 5 heteroatoms. The number of hydrogen-bond donors (Lipinski definition) is 1. The van der Waals surface area contributed by atoms with Crippen LogP contribution >= 0.6 is 0 Å². The first-order valence-electron chi connectivity index (χ1n) is 7.93. The molecule has 1 aliphatic rings. The molecule has 2 aromatic rings. The Morgan fingerprint density at radius 1 is 1.12 bits per heavy atom. The van der Waals surface area contributed by atoms with E-state index in [0.717, 1.165) is 5.56 Å². The van der Waals surface area contributed by atoms with E-state index in [4.69, 9.17) is 4.74 Å². The van der Waals surface area contributed by atoms with Crippen molar-refractivity contribution >= 4 is 17.6 Å². The fraction of sp³-hybridized carbons (Fsp3) is 0.263. The summed E-state index contributed by atoms with van der Waals surface area (Å²) in [4.78, 5) is 26.4. The second kappa shape index (κ2) is 7.27. The SMILES string of the molecule is O=C1CC(CCO)N(C(=O)OCc2ccccc2)c2ccccc21. The monoisotopic (exact) mass is 325 g/mol. The topological polar surface area (TPSA) is 66.8 Å². The fourth-order valence-corrected chi connectivity index (χ4v) is 2.95. The Bertz CT molecular complexity index is 729. The number of aliphatic hydroxyl groups is 1. The number of para-hydroxylation sites is 1. The minimum atomic E-state index is -0.503. The quantitative estimate of drug-likeness (QED) is 0.937. The number of Topliss-reactive ketones (excluding diaryl/α,β-unsaturated/α-hetero) is 1. The summed E-state index contributed by atoms with van der Waals surface area (Å²) in [5, 5.41) is 9.27. The Hall–Kier alpha value is -2.66. The lowest BCUT2D eigenvalue weighted by Gasteiger charge is -2.35. The number of ketones is 1. The summed E-state index contributed by atoms with van der Waals surface area (Å²) in [5.41, 5.74) is 1.96. The number of anilines is 1. The molecular formula is C19H19NO4. The molecule has 24 heavy (non-hydrogen) atoms. The van der Waals surface area contributed by atoms with E-state index in [1.807, 2.05) is 30.3 Å². The van der Waals surface area contributed by atoms with Gasteiger partial charge in [-0.05, 0) is 24.1 Å². The predicted octanol–water partition coefficient (Wildman–Crippen LogP) is 3.17. The van der Waals surface area contributed by atoms with Crippen LogP contribution in [0.3, 0.4) is 0 Å². The van der Waals surface area contributed by atoms with Gasteiger partial charge in [0.15, 0.2) is 5.78 Å². The highest BCUT2D eigenvalue weighted by Gasteiger charge is 2.35. The summed E-state index contributed by atoms with van der Waals surface area (Å²) in [6.07, 6.45) is 0.0238. The van der Waals surface area contributed by atoms with Crippen LogP contribution in [0.5, 0.6) is 0 Å². The van der Waals surface area contributed by atoms with Crippen LogP contribution in [-0.2, 0) is 11.3 Å². The lowest BCUT2D eigenvalue weighted by Crippen LogP contribution is -2.46. The van der Waals surface area contributed by atoms with E-state index in [0.29, 0.717) is 17.7 Å². The van der Waals surface area contributed by atoms with Gasteiger partial charge < -0.3 is 9.84 Å². The molecule has 0 aliphatic carbocycles. The summed E-state index contributed by atoms with van der Waals surface area (Å²) in [6, 6.07) is 16.0. The third kappa shape index (κ3) is 3.31. The van der Waals surface area contributed by atoms with Crippen molar-refractivity contribution < 1.29 is 19.4 Å². The van der Waals surface area contributed by atoms with E-state index >= 15 is 0 Å². The Morgan fingerprint density at radius 3 is 2.58 bits per heavy atom. The molecule has 0 saturated carbocycles. The maximum absolute atomic E-state index is 12.6. The maximum Gasteiger partial charge on any atom is 0.414 e. The molecule has 124 valence electrons. The maximum atomic E-state index is 12.6. The zero-order valence-corrected chi connectivity index (χ0v) is 13.2. The summed E-state index contributed by atoms with van der Waals surface area (Å²) < 4.78 is 5.43. The van der Waals surface area contributed by atoms with Gasteiger partial charge in [-0.15, -0.1) is 0 Å². The third-order valence-corrected chi connectivity index (χ3v) is 4.11. The molecule has 1 unspecified atom stereocenters. The molecular weight excluding hydrogens is 306 g/mol. The number of rotatable bonds is 4. The van der Waals surface area contributed by atoms with Crippen LogP contribution in [0.15, 0.2) is 54.6 Å². The number of amides is 1. The molecule has 1 atom stereocenters. The van der Waals surface area contributed by atoms with Gasteiger partial charge in [-0.3, -0.25) is 9.69 Å². The number of benzene rings is 2. The Balaban J connectivity index is 1.83. The van der Waals surface area contributed by atoms with Crippen molar-refractivity contribution in [3.63, 3.8) is 0 Å². The molecule has 0 saturated heterocycles. The highest BCUT2D eigenvalue weighted by atomic mass is 16.6. The van der Waals surface area contributed by atoms with Gasteiger partial charge >= 0.3 is 6.09 Å². The van der Waals surface area contributed by atoms with Crippen LogP contribution in [0.1, 0.15) is 28.8 Å². The molecule has 3 rings (SSSR count). The average molecular weight is 325 g/mol. The first-order chi connectivity index (χ1) is 11.7. The van der Waals surface area contributed by atoms with Gasteiger partial charge in [-0.2, -0.15) is 0 Å². The van der Waals surface area contributed by atoms with Crippen molar-refractivity contribution in [2.24, 2.45) is 0 Å². The standard InChI is InChI=1S/C19H19NO4/c21-11-10-15-12-18(22)16-8-4-5-9-17(16)20(15)19(23)24-13-14-6-2-1-3-7-14/h1-9,15,21H,10-13H2. The van der Waals surface area contributed by atoms with Crippen LogP contribution in [0.2, 0.25) is 0 Å². The van der Waals surface area contributed by atoms with Crippen molar-refractivity contribution in [3.8, 4) is 0 Å². The molecule has 1 amide bonds. The largest absolute Gasteiger partial charge is 0.444 e. The average Bonchev–Trinajstić information content (AvgIpc) is 2.61. The normalized spacial score (nSPS) is 16.6. The lowest BCUT2D eigenvalue weighted by molar-refractivity contribution is 0.0955. The van der Waals surface area contributed by atoms with Gasteiger partial charge in [0.1, 0.15) is 6.61 Å². The number of aliphatic hydroxyl groups excluding tert-OH is 1. The van der Waals surface area contributed by atoms with E-state index in [2.05, 4.69) is 0 Å². The summed E-state index contributed by atoms with van der Waals surface area (Å²) in [7, 11) is 0. The van der Waals surface area contributed by atoms with Crippen molar-refractivity contribution in [1.29, 1.82) is 0 Å². The van der Waals surface area contributed by atoms with Gasteiger partial charge in [0.05, 0.1) is 5.69 Å². The van der Waals surface area contributed by atoms with E-state index in [-0.39, 0.29) is 31.5 Å². The second-order valence-corrected chi connectivity index (χ2v) is 5.72. The fourth-order valence-electron chi connectivity index (χ4n) is 2.95. The first-order valence-corrected chi connectivity index (χ1v) is 7.93. The summed E-state index contributed by atoms with van der Waals surface area (Å²) in [5.74, 6) is -0.0174. The van der Waals surface area contributed by atoms with E-state index in [1.54, 1.807) is 24.3 Å². The van der Waals surface area contributed by atoms with Crippen molar-refractivity contribution in [3.05, 3.63) is 65.7 Å². The lowest BCUT2D eigenvalue weighted by atomic mass is 9.93. The van der Waals surface area contributed by atoms with Gasteiger partial charge in [0.25, 0.3) is 0 Å². The van der Waals surface area contributed by atoms with E-state index in [9.17, 15) is 14.7 Å². The van der Waals surface area contributed by atoms with E-state index in [1.165, 1.54) is 4.90 Å². The Labute approximate surface area is 140 Å². The molecule has 0 aromatic heterocycles. The number of carbonyl (C=O) groups excluding carboxylic acids is 2. The number of ether oxygens (including phenoxy) is 1. The van der Waals surface area contributed by atoms with Crippen molar-refractivity contribution in [2.45, 2.75) is 25.5 Å². The van der Waals surface area contributed by atoms with Gasteiger partial charge in [0, 0.05) is 24.6 Å². The molecule has 0 radical (unpaired) electrons. The first kappa shape index (κ1) is 16.2. The highest BCUT2D eigenvalue weighted by molar-refractivity contribution is 6.08. The third-order valence-electron chi connectivity index (χ3n) is 4.11. The van der Waals surface area contributed by atoms with E-state index < -0.39 is 6.09 Å². The molecule has 5 nitrogen and oxygen atoms in total. The number of nitrogens with zero attached hydrogens (tertiary/aromatic N) is 1. The summed E-state index contributed by atoms with van der Waals surface area (Å²) >= 11 is 0. The molecule has 0 spiro atoms. The van der Waals surface area contributed by atoms with Gasteiger partial charge in [-0.1, -0.05) is 42.5 Å². The highest BCUT2D eigenvalue weighted by Crippen LogP contribution is 2.32. The Kier molecular flexibility index (Phi) is 4.91. The molecule has 0 fully saturated rings. The zero-order chi connectivity index (χ0) is 16.9. The van der Waals surface area contributed by atoms with Crippen molar-refractivity contribution in [2.75, 3.05) is 11.5 Å². The molecule has 1 aliphatic heterocycles. The molecule has 1 heterocycles. The number of fused-ring (bicyclic) bond motifs is 1. The van der Waals surface area contributed by atoms with Crippen LogP contribution in [0.25, 0.3) is 0 Å². The minimum absolute atomic E-state index is 0.0174. The molecule has 1 N–H and O–H groups in total. The zero-order valence-electron chi connectivity index (χ0n) is 13.2. The second-order valence-electron chi connectivity index (χ2n) is 5.72. The smallest absolute Gasteiger partial charge is 0.414 e. The minimum Gasteiger partial charge on any atom is -0.444 e. The Morgan fingerprint density at radius 2 is 1.83 bits per heavy atom. The molecule has 0 bridgehead atoms. The number of hydrogen-bond acceptors (Lipinski definition) is 4. The molecule has 2 aromatic carbocycles. The number of carbonyl (C=O) groups is 2. The van der Waals surface area contributed by atoms with Gasteiger partial charge in [-0.25, -0.2) is 4.79 Å². The van der Waals surface area contributed by atoms with Crippen LogP contribution in [-0.4, -0.2) is 29.6 Å². The van der Waals surface area contributed by atoms with Gasteiger partial charge in [0.2, 0.25) is 0 Å².